The number of aromatic amines is 9. The quantitative estimate of drug-likeness (QED) is 0.0476. The molecule has 22 nitrogen and oxygen atoms in total. The zero-order valence-corrected chi connectivity index (χ0v) is 81.3. The number of rotatable bonds is 9. The van der Waals surface area contributed by atoms with Gasteiger partial charge >= 0.3 is 0 Å². The van der Waals surface area contributed by atoms with Crippen molar-refractivity contribution in [3.63, 3.8) is 0 Å². The van der Waals surface area contributed by atoms with Crippen molar-refractivity contribution in [1.82, 2.24) is 69.8 Å². The molecule has 2 amide bonds. The summed E-state index contributed by atoms with van der Waals surface area (Å²) in [7, 11) is 0. The van der Waals surface area contributed by atoms with Crippen molar-refractivity contribution in [2.75, 3.05) is 41.3 Å². The number of aryl methyl sites for hydroxylation is 2. The first-order chi connectivity index (χ1) is 71.1. The Morgan fingerprint density at radius 1 is 0.310 bits per heavy atom. The number of fused-ring (bicyclic) bond motifs is 35. The Bertz CT molecular complexity index is 10400. The lowest BCUT2D eigenvalue weighted by molar-refractivity contribution is -0.115. The number of nitrogens with one attached hydrogen (secondary N) is 12. The zero-order valence-electron chi connectivity index (χ0n) is 78.1. The molecule has 0 spiro atoms. The first-order valence-corrected chi connectivity index (χ1v) is 49.6. The maximum atomic E-state index is 11.9. The van der Waals surface area contributed by atoms with E-state index in [1.165, 1.54) is 65.1 Å². The Hall–Kier alpha value is -18.1. The van der Waals surface area contributed by atoms with E-state index in [2.05, 4.69) is 343 Å². The van der Waals surface area contributed by atoms with Crippen LogP contribution in [0.1, 0.15) is 28.7 Å². The minimum atomic E-state index is -0.224. The molecule has 30 rings (SSSR count). The molecule has 0 saturated carbocycles. The van der Waals surface area contributed by atoms with Gasteiger partial charge in [0.05, 0.1) is 74.2 Å². The van der Waals surface area contributed by atoms with E-state index in [9.17, 15) is 9.59 Å². The van der Waals surface area contributed by atoms with Crippen LogP contribution in [0.2, 0.25) is 0 Å². The Labute approximate surface area is 842 Å². The van der Waals surface area contributed by atoms with Crippen LogP contribution in [0.5, 0.6) is 0 Å². The summed E-state index contributed by atoms with van der Waals surface area (Å²) in [6.07, 6.45) is 4.02. The number of amides is 2. The summed E-state index contributed by atoms with van der Waals surface area (Å²) >= 11 is 7.25. The van der Waals surface area contributed by atoms with Gasteiger partial charge in [0.1, 0.15) is 29.1 Å². The predicted octanol–water partition coefficient (Wildman–Crippen LogP) is 29.0. The normalized spacial score (nSPS) is 12.6. The molecule has 0 fully saturated rings. The number of imidazole rings is 5. The second-order valence-electron chi connectivity index (χ2n) is 36.9. The molecule has 20 aromatic carbocycles. The van der Waals surface area contributed by atoms with E-state index in [0.717, 1.165) is 237 Å². The van der Waals surface area contributed by atoms with Crippen LogP contribution in [0.15, 0.2) is 355 Å². The maximum Gasteiger partial charge on any atom is 0.238 e. The molecule has 29 aromatic rings. The van der Waals surface area contributed by atoms with Crippen LogP contribution < -0.4 is 33.2 Å². The third kappa shape index (κ3) is 14.9. The van der Waals surface area contributed by atoms with Gasteiger partial charge in [-0.3, -0.25) is 9.59 Å². The molecule has 0 aliphatic carbocycles. The molecular weight excluding hydrogens is 1930 g/mol. The summed E-state index contributed by atoms with van der Waals surface area (Å²) in [5, 5.41) is 36.8. The molecule has 18 N–H and O–H groups in total. The number of halogens is 2. The van der Waals surface area contributed by atoms with Crippen molar-refractivity contribution in [3.8, 4) is 45.6 Å². The van der Waals surface area contributed by atoms with Crippen LogP contribution in [0.3, 0.4) is 0 Å². The molecule has 1 aliphatic heterocycles. The average Bonchev–Trinajstić information content (AvgIpc) is 1.60. The number of carbonyl (C=O) groups excluding carboxylic acids is 2. The van der Waals surface area contributed by atoms with Crippen molar-refractivity contribution < 1.29 is 9.59 Å². The van der Waals surface area contributed by atoms with Gasteiger partial charge in [0.25, 0.3) is 0 Å². The number of hydrogen-bond donors (Lipinski definition) is 15. The van der Waals surface area contributed by atoms with Gasteiger partial charge in [-0.2, -0.15) is 0 Å². The van der Waals surface area contributed by atoms with Crippen LogP contribution >= 0.6 is 31.9 Å². The first-order valence-electron chi connectivity index (χ1n) is 48.0. The first kappa shape index (κ1) is 87.2. The highest BCUT2D eigenvalue weighted by molar-refractivity contribution is 9.10. The standard InChI is InChI=1S/C26H21N5O.C25H19N5O.C24H16BrN3.C23H14BrN3.C23H18N4/c1-14-23(19-8-4-5-9-21(19)28-14)26-30-24-18-7-3-2-6-16(18)17-11-10-15(29-22(32)13-27)12-20(17)25(24)31-26;26-12-22(31)28-14-9-10-16-15-5-1-2-7-18(15)23-24(19(16)11-14)30-25(29-23)20-13-27-21-8-4-3-6-17(20)21;1-13-21(18-8-4-5-9-20(18)26-13)24-27-22-17-7-3-2-6-15(17)16-11-10-14(25)12-19(16)23(22)28-24;24-13-9-10-15-14-5-1-2-7-17(14)21-22(18(15)11-13)27-23(26-21)19-12-25-20-8-4-3-6-16(19)20;24-13-9-10-17-18(11-13)14-5-1-2-7-16(14)21-22(17)27-23(26-21)19-12-25-20-8-4-3-6-15(19)20/h2-12,28H,13,27H2,1H3,(H,29,32)(H,30,31);1-11,13,27H,12,26H2,(H,28,31)(H,29,30);2-12,26H,1H3,(H,27,28);1-12,25H,(H,26,27);1-11,19,25H,12,24H2,(H,26,27). The fourth-order valence-electron chi connectivity index (χ4n) is 21.8. The van der Waals surface area contributed by atoms with E-state index in [-0.39, 0.29) is 30.8 Å². The van der Waals surface area contributed by atoms with E-state index in [1.54, 1.807) is 0 Å². The Morgan fingerprint density at radius 3 is 1.08 bits per heavy atom. The predicted molar refractivity (Wildman–Crippen MR) is 606 cm³/mol. The zero-order chi connectivity index (χ0) is 97.5. The molecule has 698 valence electrons. The summed E-state index contributed by atoms with van der Waals surface area (Å²) < 4.78 is 2.12. The van der Waals surface area contributed by atoms with Gasteiger partial charge in [0.2, 0.25) is 11.8 Å². The molecule has 9 aromatic heterocycles. The van der Waals surface area contributed by atoms with E-state index in [4.69, 9.17) is 42.1 Å². The summed E-state index contributed by atoms with van der Waals surface area (Å²) in [5.41, 5.74) is 42.6. The number of carbonyl (C=O) groups is 2. The number of benzene rings is 20. The third-order valence-corrected chi connectivity index (χ3v) is 29.3. The fraction of sp³-hybridized carbons (Fsp3) is 0.0496. The van der Waals surface area contributed by atoms with Crippen LogP contribution in [0.25, 0.3) is 252 Å². The van der Waals surface area contributed by atoms with Gasteiger partial charge in [0.15, 0.2) is 0 Å². The second kappa shape index (κ2) is 35.3. The summed E-state index contributed by atoms with van der Waals surface area (Å²) in [6.45, 7) is 4.92. The van der Waals surface area contributed by atoms with E-state index >= 15 is 0 Å². The van der Waals surface area contributed by atoms with Crippen LogP contribution in [0, 0.1) is 13.8 Å². The Morgan fingerprint density at radius 2 is 0.634 bits per heavy atom. The fourth-order valence-corrected chi connectivity index (χ4v) is 22.5. The van der Waals surface area contributed by atoms with E-state index in [0.29, 0.717) is 11.4 Å². The number of hydrogen-bond acceptors (Lipinski definition) is 11. The summed E-state index contributed by atoms with van der Waals surface area (Å²) in [6, 6.07) is 114. The number of nitrogen functional groups attached to an aromatic ring is 1. The van der Waals surface area contributed by atoms with Gasteiger partial charge < -0.3 is 78.0 Å². The topological polar surface area (TPSA) is 355 Å². The van der Waals surface area contributed by atoms with Gasteiger partial charge in [-0.15, -0.1) is 0 Å². The Kier molecular flexibility index (Phi) is 21.2. The van der Waals surface area contributed by atoms with Crippen LogP contribution in [-0.4, -0.2) is 101 Å². The lowest BCUT2D eigenvalue weighted by Gasteiger charge is -2.09. The van der Waals surface area contributed by atoms with Gasteiger partial charge in [-0.25, -0.2) is 24.9 Å². The monoisotopic (exact) mass is 2010 g/mol. The lowest BCUT2D eigenvalue weighted by Crippen LogP contribution is -2.21. The number of para-hydroxylation sites is 5. The second-order valence-corrected chi connectivity index (χ2v) is 38.7. The van der Waals surface area contributed by atoms with Crippen LogP contribution in [-0.2, 0) is 9.59 Å². The molecule has 0 radical (unpaired) electrons. The number of nitrogens with two attached hydrogens (primary N) is 3. The molecule has 10 heterocycles. The molecule has 0 saturated heterocycles. The molecule has 1 unspecified atom stereocenters. The SMILES string of the molecule is Brc1ccc2c3ccccc3c3[nH]c(-c4c[nH]c5ccccc45)nc3c2c1.Cc1[nH]c2ccccc2c1-c1nc2c3cc(Br)ccc3c3ccccc3c2[nH]1.Cc1[nH]c2ccccc2c1-c1nc2c3cc(NC(=O)CN)ccc3c3ccccc3c2[nH]1.NCC(=O)Nc1ccc2c3ccccc3c3[nH]c(-c4c[nH]c5ccccc45)nc3c2c1.Nc1ccc2c(c1)c1ccccc1c1nc(C3CNc4ccccc43)[nH]c21. The smallest absolute Gasteiger partial charge is 0.238 e. The minimum Gasteiger partial charge on any atom is -0.399 e. The highest BCUT2D eigenvalue weighted by Crippen LogP contribution is 2.47. The molecule has 1 aliphatic rings. The highest BCUT2D eigenvalue weighted by atomic mass is 79.9. The number of nitrogens with zero attached hydrogens (tertiary/aromatic N) is 5. The summed E-state index contributed by atoms with van der Waals surface area (Å²) in [4.78, 5) is 80.6. The average molecular weight is 2010 g/mol. The molecule has 1 atom stereocenters. The summed E-state index contributed by atoms with van der Waals surface area (Å²) in [5.74, 6) is 4.22. The minimum absolute atomic E-state index is 0.0573. The van der Waals surface area contributed by atoms with E-state index < -0.39 is 0 Å². The molecular formula is C121H88Br2N20O2. The number of anilines is 4. The largest absolute Gasteiger partial charge is 0.399 e. The highest BCUT2D eigenvalue weighted by Gasteiger charge is 2.29. The number of aromatic nitrogens is 14. The van der Waals surface area contributed by atoms with Gasteiger partial charge in [0, 0.05) is 182 Å². The van der Waals surface area contributed by atoms with Crippen molar-refractivity contribution in [1.29, 1.82) is 0 Å². The van der Waals surface area contributed by atoms with Gasteiger partial charge in [-0.1, -0.05) is 275 Å². The van der Waals surface area contributed by atoms with E-state index in [1.807, 2.05) is 109 Å². The maximum absolute atomic E-state index is 11.9. The lowest BCUT2D eigenvalue weighted by atomic mass is 9.99. The molecule has 0 bridgehead atoms. The van der Waals surface area contributed by atoms with Crippen molar-refractivity contribution >= 4 is 273 Å². The van der Waals surface area contributed by atoms with Crippen LogP contribution in [0.4, 0.5) is 22.7 Å². The van der Waals surface area contributed by atoms with Crippen molar-refractivity contribution in [3.05, 3.63) is 378 Å². The molecule has 24 heteroatoms. The molecule has 145 heavy (non-hydrogen) atoms. The van der Waals surface area contributed by atoms with Crippen molar-refractivity contribution in [2.45, 2.75) is 19.8 Å². The van der Waals surface area contributed by atoms with Crippen molar-refractivity contribution in [2.24, 2.45) is 11.5 Å². The Balaban J connectivity index is 0.0000000924. The van der Waals surface area contributed by atoms with Gasteiger partial charge in [-0.05, 0) is 164 Å². The third-order valence-electron chi connectivity index (χ3n) is 28.3. The number of H-pyrrole nitrogens is 9.